The molecule has 0 aromatic rings. The van der Waals surface area contributed by atoms with E-state index in [2.05, 4.69) is 17.3 Å². The number of primary amides is 1. The standard InChI is InChI=1S/C8H15N3O/c1-11-3-2-8(7(9)12)5-10-4-6(8)11/h6,10H,2-5H2,1H3,(H2,9,12). The molecular formula is C8H15N3O. The van der Waals surface area contributed by atoms with Gasteiger partial charge in [0, 0.05) is 19.1 Å². The highest BCUT2D eigenvalue weighted by molar-refractivity contribution is 5.83. The maximum absolute atomic E-state index is 11.3. The molecule has 0 aromatic carbocycles. The van der Waals surface area contributed by atoms with Gasteiger partial charge in [0.05, 0.1) is 5.41 Å². The quantitative estimate of drug-likeness (QED) is 0.516. The van der Waals surface area contributed by atoms with Crippen molar-refractivity contribution >= 4 is 5.91 Å². The minimum atomic E-state index is -0.269. The fourth-order valence-corrected chi connectivity index (χ4v) is 2.48. The zero-order valence-corrected chi connectivity index (χ0v) is 7.34. The van der Waals surface area contributed by atoms with E-state index in [1.165, 1.54) is 0 Å². The molecule has 0 radical (unpaired) electrons. The Labute approximate surface area is 72.1 Å². The van der Waals surface area contributed by atoms with E-state index >= 15 is 0 Å². The summed E-state index contributed by atoms with van der Waals surface area (Å²) < 4.78 is 0. The Morgan fingerprint density at radius 3 is 3.08 bits per heavy atom. The van der Waals surface area contributed by atoms with Gasteiger partial charge in [-0.2, -0.15) is 0 Å². The molecule has 2 saturated heterocycles. The highest BCUT2D eigenvalue weighted by Crippen LogP contribution is 2.38. The van der Waals surface area contributed by atoms with Crippen LogP contribution in [0.4, 0.5) is 0 Å². The minimum Gasteiger partial charge on any atom is -0.369 e. The number of likely N-dealkylation sites (tertiary alicyclic amines) is 1. The molecule has 3 N–H and O–H groups in total. The highest BCUT2D eigenvalue weighted by atomic mass is 16.1. The summed E-state index contributed by atoms with van der Waals surface area (Å²) in [6.45, 7) is 2.66. The van der Waals surface area contributed by atoms with Crippen molar-refractivity contribution in [3.63, 3.8) is 0 Å². The van der Waals surface area contributed by atoms with Crippen LogP contribution in [-0.2, 0) is 4.79 Å². The fourth-order valence-electron chi connectivity index (χ4n) is 2.48. The van der Waals surface area contributed by atoms with Gasteiger partial charge in [0.15, 0.2) is 0 Å². The molecule has 2 atom stereocenters. The van der Waals surface area contributed by atoms with Crippen LogP contribution in [0.25, 0.3) is 0 Å². The van der Waals surface area contributed by atoms with Gasteiger partial charge in [-0.05, 0) is 20.0 Å². The Bertz CT molecular complexity index is 218. The van der Waals surface area contributed by atoms with Crippen molar-refractivity contribution in [2.75, 3.05) is 26.7 Å². The third-order valence-electron chi connectivity index (χ3n) is 3.35. The molecule has 2 heterocycles. The molecule has 2 fully saturated rings. The van der Waals surface area contributed by atoms with Gasteiger partial charge in [-0.1, -0.05) is 0 Å². The lowest BCUT2D eigenvalue weighted by molar-refractivity contribution is -0.127. The predicted molar refractivity (Wildman–Crippen MR) is 45.5 cm³/mol. The fraction of sp³-hybridized carbons (Fsp3) is 0.875. The molecule has 2 unspecified atom stereocenters. The first kappa shape index (κ1) is 8.01. The number of amides is 1. The van der Waals surface area contributed by atoms with Gasteiger partial charge >= 0.3 is 0 Å². The Kier molecular flexibility index (Phi) is 1.63. The van der Waals surface area contributed by atoms with Crippen LogP contribution in [0, 0.1) is 5.41 Å². The summed E-state index contributed by atoms with van der Waals surface area (Å²) >= 11 is 0. The van der Waals surface area contributed by atoms with E-state index in [9.17, 15) is 4.79 Å². The summed E-state index contributed by atoms with van der Waals surface area (Å²) in [6, 6.07) is 0.329. The molecule has 2 rings (SSSR count). The number of nitrogens with one attached hydrogen (secondary N) is 1. The lowest BCUT2D eigenvalue weighted by Crippen LogP contribution is -2.45. The number of hydrogen-bond donors (Lipinski definition) is 2. The van der Waals surface area contributed by atoms with E-state index in [1.54, 1.807) is 0 Å². The van der Waals surface area contributed by atoms with Crippen LogP contribution in [0.2, 0.25) is 0 Å². The maximum atomic E-state index is 11.3. The first-order valence-electron chi connectivity index (χ1n) is 4.38. The van der Waals surface area contributed by atoms with Crippen molar-refractivity contribution in [2.24, 2.45) is 11.1 Å². The molecule has 2 aliphatic heterocycles. The maximum Gasteiger partial charge on any atom is 0.226 e. The zero-order valence-electron chi connectivity index (χ0n) is 7.34. The second kappa shape index (κ2) is 2.44. The van der Waals surface area contributed by atoms with Crippen LogP contribution < -0.4 is 11.1 Å². The first-order chi connectivity index (χ1) is 5.67. The lowest BCUT2D eigenvalue weighted by Gasteiger charge is -2.25. The van der Waals surface area contributed by atoms with Crippen LogP contribution >= 0.6 is 0 Å². The smallest absolute Gasteiger partial charge is 0.226 e. The molecule has 0 spiro atoms. The molecule has 12 heavy (non-hydrogen) atoms. The van der Waals surface area contributed by atoms with E-state index in [-0.39, 0.29) is 11.3 Å². The Morgan fingerprint density at radius 1 is 1.75 bits per heavy atom. The highest BCUT2D eigenvalue weighted by Gasteiger charge is 2.53. The van der Waals surface area contributed by atoms with Gasteiger partial charge in [0.25, 0.3) is 0 Å². The number of hydrogen-bond acceptors (Lipinski definition) is 3. The van der Waals surface area contributed by atoms with Crippen LogP contribution in [0.1, 0.15) is 6.42 Å². The van der Waals surface area contributed by atoms with Crippen LogP contribution in [0.5, 0.6) is 0 Å². The van der Waals surface area contributed by atoms with Gasteiger partial charge in [-0.3, -0.25) is 4.79 Å². The van der Waals surface area contributed by atoms with Crippen molar-refractivity contribution in [1.29, 1.82) is 0 Å². The Hall–Kier alpha value is -0.610. The number of rotatable bonds is 1. The van der Waals surface area contributed by atoms with E-state index in [4.69, 9.17) is 5.73 Å². The second-order valence-electron chi connectivity index (χ2n) is 3.90. The van der Waals surface area contributed by atoms with Crippen LogP contribution in [-0.4, -0.2) is 43.5 Å². The summed E-state index contributed by atoms with van der Waals surface area (Å²) in [7, 11) is 2.06. The molecule has 0 bridgehead atoms. The monoisotopic (exact) mass is 169 g/mol. The van der Waals surface area contributed by atoms with E-state index in [0.717, 1.165) is 26.1 Å². The molecule has 4 nitrogen and oxygen atoms in total. The van der Waals surface area contributed by atoms with E-state index < -0.39 is 0 Å². The summed E-state index contributed by atoms with van der Waals surface area (Å²) in [5.74, 6) is -0.137. The van der Waals surface area contributed by atoms with Gasteiger partial charge in [0.2, 0.25) is 5.91 Å². The normalized spacial score (nSPS) is 41.6. The van der Waals surface area contributed by atoms with Crippen LogP contribution in [0.15, 0.2) is 0 Å². The number of likely N-dealkylation sites (N-methyl/N-ethyl adjacent to an activating group) is 1. The van der Waals surface area contributed by atoms with Crippen molar-refractivity contribution < 1.29 is 4.79 Å². The minimum absolute atomic E-state index is 0.137. The van der Waals surface area contributed by atoms with E-state index in [0.29, 0.717) is 6.04 Å². The molecule has 68 valence electrons. The van der Waals surface area contributed by atoms with E-state index in [1.807, 2.05) is 0 Å². The number of nitrogens with zero attached hydrogens (tertiary/aromatic N) is 1. The third-order valence-corrected chi connectivity index (χ3v) is 3.35. The Morgan fingerprint density at radius 2 is 2.50 bits per heavy atom. The molecular weight excluding hydrogens is 154 g/mol. The molecule has 0 saturated carbocycles. The summed E-state index contributed by atoms with van der Waals surface area (Å²) in [4.78, 5) is 13.5. The lowest BCUT2D eigenvalue weighted by atomic mass is 9.82. The van der Waals surface area contributed by atoms with Gasteiger partial charge < -0.3 is 16.0 Å². The van der Waals surface area contributed by atoms with Crippen LogP contribution in [0.3, 0.4) is 0 Å². The number of carbonyl (C=O) groups is 1. The van der Waals surface area contributed by atoms with Gasteiger partial charge in [-0.15, -0.1) is 0 Å². The van der Waals surface area contributed by atoms with Gasteiger partial charge in [0.1, 0.15) is 0 Å². The van der Waals surface area contributed by atoms with Crippen molar-refractivity contribution in [2.45, 2.75) is 12.5 Å². The second-order valence-corrected chi connectivity index (χ2v) is 3.90. The average Bonchev–Trinajstić information content (AvgIpc) is 2.53. The number of carbonyl (C=O) groups excluding carboxylic acids is 1. The SMILES string of the molecule is CN1CCC2(C(N)=O)CNCC12. The summed E-state index contributed by atoms with van der Waals surface area (Å²) in [5.41, 5.74) is 5.16. The van der Waals surface area contributed by atoms with Crippen molar-refractivity contribution in [3.05, 3.63) is 0 Å². The predicted octanol–water partition coefficient (Wildman–Crippen LogP) is -1.23. The largest absolute Gasteiger partial charge is 0.369 e. The topological polar surface area (TPSA) is 58.4 Å². The zero-order chi connectivity index (χ0) is 8.77. The summed E-state index contributed by atoms with van der Waals surface area (Å²) in [5, 5.41) is 3.23. The molecule has 1 amide bonds. The number of nitrogens with two attached hydrogens (primary N) is 1. The van der Waals surface area contributed by atoms with Crippen molar-refractivity contribution in [1.82, 2.24) is 10.2 Å². The van der Waals surface area contributed by atoms with Gasteiger partial charge in [-0.25, -0.2) is 0 Å². The number of fused-ring (bicyclic) bond motifs is 1. The third kappa shape index (κ3) is 0.820. The molecule has 2 aliphatic rings. The average molecular weight is 169 g/mol. The Balaban J connectivity index is 2.29. The molecule has 0 aromatic heterocycles. The molecule has 4 heteroatoms. The molecule has 0 aliphatic carbocycles. The summed E-state index contributed by atoms with van der Waals surface area (Å²) in [6.07, 6.45) is 0.913. The first-order valence-corrected chi connectivity index (χ1v) is 4.38. The van der Waals surface area contributed by atoms with Crippen molar-refractivity contribution in [3.8, 4) is 0 Å².